The lowest BCUT2D eigenvalue weighted by Gasteiger charge is -2.30. The van der Waals surface area contributed by atoms with Gasteiger partial charge in [-0.25, -0.2) is 0 Å². The molecule has 0 spiro atoms. The van der Waals surface area contributed by atoms with Crippen molar-refractivity contribution in [1.29, 1.82) is 0 Å². The third-order valence-corrected chi connectivity index (χ3v) is 5.25. The Balaban J connectivity index is 1.99. The number of aryl methyl sites for hydroxylation is 2. The van der Waals surface area contributed by atoms with E-state index in [-0.39, 0.29) is 11.9 Å². The lowest BCUT2D eigenvalue weighted by molar-refractivity contribution is -0.113. The van der Waals surface area contributed by atoms with Crippen molar-refractivity contribution in [3.63, 3.8) is 0 Å². The Morgan fingerprint density at radius 2 is 1.79 bits per heavy atom. The van der Waals surface area contributed by atoms with E-state index in [1.54, 1.807) is 32.4 Å². The van der Waals surface area contributed by atoms with E-state index in [1.807, 2.05) is 19.1 Å². The van der Waals surface area contributed by atoms with Gasteiger partial charge in [-0.3, -0.25) is 4.79 Å². The van der Waals surface area contributed by atoms with E-state index < -0.39 is 0 Å². The van der Waals surface area contributed by atoms with Gasteiger partial charge in [0.2, 0.25) is 0 Å². The Morgan fingerprint density at radius 1 is 1.03 bits per heavy atom. The van der Waals surface area contributed by atoms with Crippen LogP contribution in [0, 0.1) is 13.8 Å². The second kappa shape index (κ2) is 8.53. The van der Waals surface area contributed by atoms with E-state index in [0.717, 1.165) is 11.1 Å². The van der Waals surface area contributed by atoms with Gasteiger partial charge in [0.05, 0.1) is 31.5 Å². The summed E-state index contributed by atoms with van der Waals surface area (Å²) in [6.07, 6.45) is 0. The largest absolute Gasteiger partial charge is 0.497 e. The summed E-state index contributed by atoms with van der Waals surface area (Å²) in [4.78, 5) is 13.3. The zero-order valence-corrected chi connectivity index (χ0v) is 18.0. The normalized spacial score (nSPS) is 16.0. The standard InChI is InChI=1S/C22H25N3O3S/c1-12-6-7-15(10-13(12)2)20-19(14(3)23-22(29)25-20)21(26)24-17-11-16(27-4)8-9-18(17)28-5/h6-11,20H,1-5H3,(H,24,26)(H2,23,25,29). The molecule has 3 N–H and O–H groups in total. The van der Waals surface area contributed by atoms with Crippen molar-refractivity contribution in [3.8, 4) is 11.5 Å². The predicted molar refractivity (Wildman–Crippen MR) is 118 cm³/mol. The second-order valence-corrected chi connectivity index (χ2v) is 7.34. The number of thiocarbonyl (C=S) groups is 1. The number of rotatable bonds is 5. The number of hydrogen-bond acceptors (Lipinski definition) is 4. The lowest BCUT2D eigenvalue weighted by atomic mass is 9.92. The molecular formula is C22H25N3O3S. The monoisotopic (exact) mass is 411 g/mol. The van der Waals surface area contributed by atoms with Crippen LogP contribution >= 0.6 is 12.2 Å². The molecule has 1 atom stereocenters. The van der Waals surface area contributed by atoms with Gasteiger partial charge in [-0.2, -0.15) is 0 Å². The van der Waals surface area contributed by atoms with Crippen LogP contribution in [0.4, 0.5) is 5.69 Å². The Morgan fingerprint density at radius 3 is 2.45 bits per heavy atom. The van der Waals surface area contributed by atoms with Crippen LogP contribution in [0.5, 0.6) is 11.5 Å². The van der Waals surface area contributed by atoms with E-state index in [9.17, 15) is 4.79 Å². The highest BCUT2D eigenvalue weighted by atomic mass is 32.1. The van der Waals surface area contributed by atoms with Crippen LogP contribution in [0.1, 0.15) is 29.7 Å². The van der Waals surface area contributed by atoms with Crippen molar-refractivity contribution in [3.05, 3.63) is 64.4 Å². The van der Waals surface area contributed by atoms with E-state index in [2.05, 4.69) is 35.9 Å². The first-order chi connectivity index (χ1) is 13.8. The summed E-state index contributed by atoms with van der Waals surface area (Å²) in [6.45, 7) is 5.96. The number of carbonyl (C=O) groups excluding carboxylic acids is 1. The maximum atomic E-state index is 13.3. The molecule has 0 aromatic heterocycles. The summed E-state index contributed by atoms with van der Waals surface area (Å²) in [6, 6.07) is 11.0. The molecule has 152 valence electrons. The highest BCUT2D eigenvalue weighted by molar-refractivity contribution is 7.80. The average Bonchev–Trinajstić information content (AvgIpc) is 2.69. The molecule has 1 unspecified atom stereocenters. The fraction of sp³-hybridized carbons (Fsp3) is 0.273. The number of allylic oxidation sites excluding steroid dienone is 1. The fourth-order valence-corrected chi connectivity index (χ4v) is 3.56. The number of methoxy groups -OCH3 is 2. The van der Waals surface area contributed by atoms with Crippen molar-refractivity contribution in [1.82, 2.24) is 10.6 Å². The van der Waals surface area contributed by atoms with Crippen LogP contribution in [0.25, 0.3) is 0 Å². The zero-order valence-electron chi connectivity index (χ0n) is 17.2. The summed E-state index contributed by atoms with van der Waals surface area (Å²) in [5.74, 6) is 0.922. The smallest absolute Gasteiger partial charge is 0.255 e. The Hall–Kier alpha value is -3.06. The van der Waals surface area contributed by atoms with E-state index in [4.69, 9.17) is 21.7 Å². The number of ether oxygens (including phenoxy) is 2. The lowest BCUT2D eigenvalue weighted by Crippen LogP contribution is -2.45. The van der Waals surface area contributed by atoms with Crippen LogP contribution in [-0.2, 0) is 4.79 Å². The van der Waals surface area contributed by atoms with Crippen molar-refractivity contribution >= 4 is 28.9 Å². The number of hydrogen-bond donors (Lipinski definition) is 3. The van der Waals surface area contributed by atoms with E-state index in [1.165, 1.54) is 5.56 Å². The second-order valence-electron chi connectivity index (χ2n) is 6.93. The van der Waals surface area contributed by atoms with Gasteiger partial charge in [0.1, 0.15) is 11.5 Å². The van der Waals surface area contributed by atoms with E-state index in [0.29, 0.717) is 33.6 Å². The first-order valence-corrected chi connectivity index (χ1v) is 9.63. The third-order valence-electron chi connectivity index (χ3n) is 5.03. The molecular weight excluding hydrogens is 386 g/mol. The van der Waals surface area contributed by atoms with E-state index >= 15 is 0 Å². The molecule has 0 aliphatic carbocycles. The number of amides is 1. The summed E-state index contributed by atoms with van der Waals surface area (Å²) in [5.41, 5.74) is 5.12. The maximum Gasteiger partial charge on any atom is 0.255 e. The summed E-state index contributed by atoms with van der Waals surface area (Å²) in [5, 5.41) is 9.72. The molecule has 0 fully saturated rings. The van der Waals surface area contributed by atoms with Crippen LogP contribution in [-0.4, -0.2) is 25.2 Å². The molecule has 1 amide bonds. The molecule has 29 heavy (non-hydrogen) atoms. The van der Waals surface area contributed by atoms with Gasteiger partial charge in [-0.1, -0.05) is 18.2 Å². The van der Waals surface area contributed by atoms with Gasteiger partial charge >= 0.3 is 0 Å². The molecule has 2 aromatic rings. The zero-order chi connectivity index (χ0) is 21.1. The van der Waals surface area contributed by atoms with Gasteiger partial charge < -0.3 is 25.4 Å². The van der Waals surface area contributed by atoms with Gasteiger partial charge in [-0.05, 0) is 61.8 Å². The molecule has 0 saturated heterocycles. The van der Waals surface area contributed by atoms with Crippen LogP contribution in [0.15, 0.2) is 47.7 Å². The topological polar surface area (TPSA) is 71.6 Å². The summed E-state index contributed by atoms with van der Waals surface area (Å²) >= 11 is 5.34. The molecule has 0 bridgehead atoms. The fourth-order valence-electron chi connectivity index (χ4n) is 3.29. The molecule has 1 heterocycles. The van der Waals surface area contributed by atoms with Gasteiger partial charge in [0.15, 0.2) is 5.11 Å². The molecule has 2 aromatic carbocycles. The van der Waals surface area contributed by atoms with Crippen LogP contribution in [0.2, 0.25) is 0 Å². The predicted octanol–water partition coefficient (Wildman–Crippen LogP) is 3.75. The van der Waals surface area contributed by atoms with Crippen molar-refractivity contribution < 1.29 is 14.3 Å². The SMILES string of the molecule is COc1ccc(OC)c(NC(=O)C2=C(C)NC(=S)NC2c2ccc(C)c(C)c2)c1. The molecule has 1 aliphatic heterocycles. The van der Waals surface area contributed by atoms with Crippen molar-refractivity contribution in [2.24, 2.45) is 0 Å². The Labute approximate surface area is 176 Å². The first-order valence-electron chi connectivity index (χ1n) is 9.23. The van der Waals surface area contributed by atoms with Gasteiger partial charge in [-0.15, -0.1) is 0 Å². The highest BCUT2D eigenvalue weighted by Crippen LogP contribution is 2.32. The number of benzene rings is 2. The number of anilines is 1. The average molecular weight is 412 g/mol. The minimum atomic E-state index is -0.361. The van der Waals surface area contributed by atoms with Gasteiger partial charge in [0.25, 0.3) is 5.91 Å². The quantitative estimate of drug-likeness (QED) is 0.651. The Kier molecular flexibility index (Phi) is 6.08. The minimum absolute atomic E-state index is 0.250. The molecule has 6 nitrogen and oxygen atoms in total. The van der Waals surface area contributed by atoms with Crippen LogP contribution in [0.3, 0.4) is 0 Å². The minimum Gasteiger partial charge on any atom is -0.497 e. The molecule has 0 saturated carbocycles. The molecule has 7 heteroatoms. The third kappa shape index (κ3) is 4.35. The van der Waals surface area contributed by atoms with Crippen LogP contribution < -0.4 is 25.4 Å². The maximum absolute atomic E-state index is 13.3. The van der Waals surface area contributed by atoms with Crippen molar-refractivity contribution in [2.45, 2.75) is 26.8 Å². The van der Waals surface area contributed by atoms with Crippen molar-refractivity contribution in [2.75, 3.05) is 19.5 Å². The Bertz CT molecular complexity index is 1000. The number of carbonyl (C=O) groups is 1. The highest BCUT2D eigenvalue weighted by Gasteiger charge is 2.30. The summed E-state index contributed by atoms with van der Waals surface area (Å²) in [7, 11) is 3.13. The molecule has 0 radical (unpaired) electrons. The number of nitrogens with one attached hydrogen (secondary N) is 3. The molecule has 1 aliphatic rings. The first kappa shape index (κ1) is 20.7. The molecule has 3 rings (SSSR count). The van der Waals surface area contributed by atoms with Gasteiger partial charge in [0, 0.05) is 11.8 Å². The summed E-state index contributed by atoms with van der Waals surface area (Å²) < 4.78 is 10.6.